The molecule has 0 rings (SSSR count). The van der Waals surface area contributed by atoms with Crippen LogP contribution in [-0.2, 0) is 28.6 Å². The molecule has 0 aromatic rings. The van der Waals surface area contributed by atoms with Crippen molar-refractivity contribution < 1.29 is 28.6 Å². The van der Waals surface area contributed by atoms with Crippen molar-refractivity contribution >= 4 is 17.9 Å². The van der Waals surface area contributed by atoms with Gasteiger partial charge in [0.05, 0.1) is 0 Å². The summed E-state index contributed by atoms with van der Waals surface area (Å²) in [4.78, 5) is 38.5. The van der Waals surface area contributed by atoms with Gasteiger partial charge in [-0.25, -0.2) is 0 Å². The summed E-state index contributed by atoms with van der Waals surface area (Å²) < 4.78 is 17.0. The molecule has 6 heteroatoms. The van der Waals surface area contributed by atoms with Crippen LogP contribution in [0.5, 0.6) is 0 Å². The Morgan fingerprint density at radius 1 is 0.256 bits per heavy atom. The van der Waals surface area contributed by atoms with E-state index in [1.54, 1.807) is 0 Å². The van der Waals surface area contributed by atoms with Gasteiger partial charge < -0.3 is 14.2 Å². The molecular formula is C76H136O6. The van der Waals surface area contributed by atoms with Crippen molar-refractivity contribution in [2.45, 2.75) is 380 Å². The molecule has 1 atom stereocenters. The first kappa shape index (κ1) is 78.8. The van der Waals surface area contributed by atoms with Crippen LogP contribution in [0.15, 0.2) is 72.9 Å². The summed E-state index contributed by atoms with van der Waals surface area (Å²) in [7, 11) is 0. The van der Waals surface area contributed by atoms with E-state index >= 15 is 0 Å². The first-order valence-corrected chi connectivity index (χ1v) is 35.9. The number of ether oxygens (including phenoxy) is 3. The summed E-state index contributed by atoms with van der Waals surface area (Å²) in [5.74, 6) is -0.903. The van der Waals surface area contributed by atoms with Crippen molar-refractivity contribution in [1.82, 2.24) is 0 Å². The molecule has 1 unspecified atom stereocenters. The molecule has 82 heavy (non-hydrogen) atoms. The molecule has 0 aliphatic heterocycles. The molecule has 0 aromatic carbocycles. The van der Waals surface area contributed by atoms with Gasteiger partial charge in [0.15, 0.2) is 6.10 Å². The number of rotatable bonds is 66. The first-order valence-electron chi connectivity index (χ1n) is 35.9. The third kappa shape index (κ3) is 67.6. The molecule has 0 bridgehead atoms. The average molecular weight is 1150 g/mol. The first-order chi connectivity index (χ1) is 40.5. The Morgan fingerprint density at radius 3 is 0.768 bits per heavy atom. The Bertz CT molecular complexity index is 1500. The molecule has 0 fully saturated rings. The van der Waals surface area contributed by atoms with Crippen molar-refractivity contribution in [3.63, 3.8) is 0 Å². The normalized spacial score (nSPS) is 12.5. The predicted molar refractivity (Wildman–Crippen MR) is 358 cm³/mol. The second kappa shape index (κ2) is 70.3. The van der Waals surface area contributed by atoms with Gasteiger partial charge in [0, 0.05) is 19.3 Å². The van der Waals surface area contributed by atoms with E-state index in [-0.39, 0.29) is 31.1 Å². The molecule has 0 saturated carbocycles. The smallest absolute Gasteiger partial charge is 0.306 e. The molecule has 0 aliphatic carbocycles. The fourth-order valence-corrected chi connectivity index (χ4v) is 10.6. The fraction of sp³-hybridized carbons (Fsp3) is 0.803. The van der Waals surface area contributed by atoms with E-state index < -0.39 is 6.10 Å². The third-order valence-corrected chi connectivity index (χ3v) is 15.9. The van der Waals surface area contributed by atoms with E-state index in [1.807, 2.05) is 0 Å². The quantitative estimate of drug-likeness (QED) is 0.0261. The zero-order valence-electron chi connectivity index (χ0n) is 54.8. The average Bonchev–Trinajstić information content (AvgIpc) is 3.47. The molecule has 476 valence electrons. The maximum Gasteiger partial charge on any atom is 0.306 e. The van der Waals surface area contributed by atoms with Gasteiger partial charge in [0.25, 0.3) is 0 Å². The molecule has 0 amide bonds. The fourth-order valence-electron chi connectivity index (χ4n) is 10.6. The molecule has 0 spiro atoms. The Balaban J connectivity index is 4.30. The maximum absolute atomic E-state index is 12.9. The van der Waals surface area contributed by atoms with Crippen molar-refractivity contribution in [1.29, 1.82) is 0 Å². The summed E-state index contributed by atoms with van der Waals surface area (Å²) >= 11 is 0. The van der Waals surface area contributed by atoms with Crippen LogP contribution < -0.4 is 0 Å². The molecule has 0 heterocycles. The second-order valence-corrected chi connectivity index (χ2v) is 24.1. The van der Waals surface area contributed by atoms with Crippen LogP contribution in [0.1, 0.15) is 374 Å². The summed E-state index contributed by atoms with van der Waals surface area (Å²) in [6.07, 6.45) is 92.3. The van der Waals surface area contributed by atoms with Crippen molar-refractivity contribution in [3.05, 3.63) is 72.9 Å². The van der Waals surface area contributed by atoms with E-state index in [1.165, 1.54) is 238 Å². The highest BCUT2D eigenvalue weighted by molar-refractivity contribution is 5.71. The molecule has 0 radical (unpaired) electrons. The van der Waals surface area contributed by atoms with Gasteiger partial charge in [-0.15, -0.1) is 0 Å². The molecule has 0 aliphatic rings. The number of carbonyl (C=O) groups is 3. The highest BCUT2D eigenvalue weighted by atomic mass is 16.6. The number of unbranched alkanes of at least 4 members (excludes halogenated alkanes) is 43. The van der Waals surface area contributed by atoms with E-state index in [4.69, 9.17) is 14.2 Å². The zero-order chi connectivity index (χ0) is 59.2. The van der Waals surface area contributed by atoms with Gasteiger partial charge in [0.1, 0.15) is 13.2 Å². The zero-order valence-corrected chi connectivity index (χ0v) is 54.8. The number of hydrogen-bond donors (Lipinski definition) is 0. The van der Waals surface area contributed by atoms with Gasteiger partial charge in [-0.05, 0) is 89.9 Å². The largest absolute Gasteiger partial charge is 0.462 e. The minimum absolute atomic E-state index is 0.0869. The number of esters is 3. The Labute approximate surface area is 510 Å². The maximum atomic E-state index is 12.9. The summed E-state index contributed by atoms with van der Waals surface area (Å²) in [5.41, 5.74) is 0. The lowest BCUT2D eigenvalue weighted by atomic mass is 10.0. The van der Waals surface area contributed by atoms with Crippen LogP contribution in [0.4, 0.5) is 0 Å². The van der Waals surface area contributed by atoms with E-state index in [9.17, 15) is 14.4 Å². The van der Waals surface area contributed by atoms with Crippen LogP contribution in [-0.4, -0.2) is 37.2 Å². The number of allylic oxidation sites excluding steroid dienone is 12. The molecule has 0 saturated heterocycles. The molecule has 0 N–H and O–H groups in total. The molecule has 0 aromatic heterocycles. The van der Waals surface area contributed by atoms with Gasteiger partial charge >= 0.3 is 17.9 Å². The van der Waals surface area contributed by atoms with E-state index in [0.717, 1.165) is 96.3 Å². The van der Waals surface area contributed by atoms with E-state index in [2.05, 4.69) is 93.7 Å². The van der Waals surface area contributed by atoms with E-state index in [0.29, 0.717) is 19.3 Å². The van der Waals surface area contributed by atoms with Gasteiger partial charge in [-0.1, -0.05) is 338 Å². The van der Waals surface area contributed by atoms with Crippen LogP contribution >= 0.6 is 0 Å². The summed E-state index contributed by atoms with van der Waals surface area (Å²) in [5, 5.41) is 0. The third-order valence-electron chi connectivity index (χ3n) is 15.9. The molecular weight excluding hydrogens is 1010 g/mol. The molecule has 6 nitrogen and oxygen atoms in total. The lowest BCUT2D eigenvalue weighted by molar-refractivity contribution is -0.167. The Morgan fingerprint density at radius 2 is 0.476 bits per heavy atom. The monoisotopic (exact) mass is 1150 g/mol. The van der Waals surface area contributed by atoms with Gasteiger partial charge in [-0.2, -0.15) is 0 Å². The Hall–Kier alpha value is -3.15. The topological polar surface area (TPSA) is 78.9 Å². The van der Waals surface area contributed by atoms with Gasteiger partial charge in [-0.3, -0.25) is 14.4 Å². The highest BCUT2D eigenvalue weighted by Gasteiger charge is 2.19. The van der Waals surface area contributed by atoms with Crippen LogP contribution in [0.2, 0.25) is 0 Å². The van der Waals surface area contributed by atoms with Crippen molar-refractivity contribution in [2.24, 2.45) is 0 Å². The lowest BCUT2D eigenvalue weighted by Crippen LogP contribution is -2.30. The Kier molecular flexibility index (Phi) is 67.6. The van der Waals surface area contributed by atoms with Crippen LogP contribution in [0.25, 0.3) is 0 Å². The summed E-state index contributed by atoms with van der Waals surface area (Å²) in [6.45, 7) is 6.55. The highest BCUT2D eigenvalue weighted by Crippen LogP contribution is 2.18. The number of hydrogen-bond acceptors (Lipinski definition) is 6. The standard InChI is InChI=1S/C76H136O6/c1-4-7-10-13-16-19-22-25-28-31-33-34-35-36-37-38-39-40-41-43-45-48-51-54-57-60-63-66-69-75(78)81-72-73(71-80-74(77)68-65-62-59-56-53-50-47-44-30-27-24-21-18-15-12-9-6-3)82-76(79)70-67-64-61-58-55-52-49-46-42-32-29-26-23-20-17-14-11-8-5-2/h8,11,17,20,26-27,29-30,42,46,52,55,73H,4-7,9-10,12-16,18-19,21-25,28,31-41,43-45,47-51,53-54,56-72H2,1-3H3/b11-8-,20-17-,29-26-,30-27-,46-42-,55-52-. The predicted octanol–water partition coefficient (Wildman–Crippen LogP) is 24.8. The SMILES string of the molecule is CC/C=C\C/C=C\C/C=C\C/C=C\C/C=C\CCCCCC(=O)OC(COC(=O)CCCCCCCCC/C=C\CCCCCCCC)COC(=O)CCCCCCCCCCCCCCCCCCCCCCCCCCCCCC. The van der Waals surface area contributed by atoms with Gasteiger partial charge in [0.2, 0.25) is 0 Å². The van der Waals surface area contributed by atoms with Crippen molar-refractivity contribution in [3.8, 4) is 0 Å². The summed E-state index contributed by atoms with van der Waals surface area (Å²) in [6, 6.07) is 0. The van der Waals surface area contributed by atoms with Crippen LogP contribution in [0.3, 0.4) is 0 Å². The second-order valence-electron chi connectivity index (χ2n) is 24.1. The van der Waals surface area contributed by atoms with Crippen molar-refractivity contribution in [2.75, 3.05) is 13.2 Å². The minimum Gasteiger partial charge on any atom is -0.462 e. The lowest BCUT2D eigenvalue weighted by Gasteiger charge is -2.18. The number of carbonyl (C=O) groups excluding carboxylic acids is 3. The minimum atomic E-state index is -0.796. The van der Waals surface area contributed by atoms with Crippen LogP contribution in [0, 0.1) is 0 Å².